The van der Waals surface area contributed by atoms with Gasteiger partial charge in [-0.05, 0) is 61.4 Å². The molecule has 2 heterocycles. The van der Waals surface area contributed by atoms with Crippen LogP contribution in [0, 0.1) is 13.8 Å². The maximum Gasteiger partial charge on any atom is 0.337 e. The summed E-state index contributed by atoms with van der Waals surface area (Å²) in [7, 11) is 1.28. The maximum absolute atomic E-state index is 13.0. The smallest absolute Gasteiger partial charge is 0.337 e. The minimum absolute atomic E-state index is 0.261. The maximum atomic E-state index is 13.0. The Labute approximate surface area is 183 Å². The van der Waals surface area contributed by atoms with Crippen molar-refractivity contribution in [1.29, 1.82) is 0 Å². The highest BCUT2D eigenvalue weighted by Crippen LogP contribution is 2.32. The molecule has 1 fully saturated rings. The van der Waals surface area contributed by atoms with Crippen LogP contribution in [-0.4, -0.2) is 54.4 Å². The third-order valence-electron chi connectivity index (χ3n) is 5.50. The summed E-state index contributed by atoms with van der Waals surface area (Å²) >= 11 is 0. The highest BCUT2D eigenvalue weighted by Gasteiger charge is 2.55. The van der Waals surface area contributed by atoms with Crippen LogP contribution >= 0.6 is 0 Å². The molecule has 3 amide bonds. The molecule has 4 rings (SSSR count). The summed E-state index contributed by atoms with van der Waals surface area (Å²) in [6, 6.07) is 9.56. The lowest BCUT2D eigenvalue weighted by molar-refractivity contribution is -0.123. The van der Waals surface area contributed by atoms with Gasteiger partial charge in [0.05, 0.1) is 18.4 Å². The Hall–Kier alpha value is -4.08. The molecule has 0 spiro atoms. The highest BCUT2D eigenvalue weighted by atomic mass is 16.5. The van der Waals surface area contributed by atoms with Crippen LogP contribution in [0.2, 0.25) is 0 Å². The quantitative estimate of drug-likeness (QED) is 0.567. The minimum atomic E-state index is -0.976. The van der Waals surface area contributed by atoms with E-state index in [0.717, 1.165) is 16.0 Å². The predicted octanol–water partition coefficient (Wildman–Crippen LogP) is 2.02. The fourth-order valence-corrected chi connectivity index (χ4v) is 3.63. The van der Waals surface area contributed by atoms with Gasteiger partial charge in [-0.3, -0.25) is 19.4 Å². The standard InChI is InChI=1S/C22H21N5O5/c1-12-4-9-16(10-13(12)2)27-20(29)18-19(21(27)30)26(25-24-18)11-17(28)23-15-7-5-14(6-8-15)22(31)32-3/h4-10,18-19H,11H2,1-3H3,(H,23,28)/t18-,19+/m0/s1. The first-order chi connectivity index (χ1) is 15.3. The van der Waals surface area contributed by atoms with E-state index in [4.69, 9.17) is 0 Å². The first kappa shape index (κ1) is 21.2. The molecule has 32 heavy (non-hydrogen) atoms. The van der Waals surface area contributed by atoms with Gasteiger partial charge in [-0.25, -0.2) is 9.69 Å². The number of methoxy groups -OCH3 is 1. The molecule has 1 N–H and O–H groups in total. The van der Waals surface area contributed by atoms with E-state index in [9.17, 15) is 19.2 Å². The molecule has 0 aromatic heterocycles. The molecule has 0 unspecified atom stereocenters. The van der Waals surface area contributed by atoms with Crippen molar-refractivity contribution in [2.24, 2.45) is 10.3 Å². The third kappa shape index (κ3) is 3.70. The average molecular weight is 435 g/mol. The molecular formula is C22H21N5O5. The van der Waals surface area contributed by atoms with Crippen LogP contribution < -0.4 is 10.2 Å². The van der Waals surface area contributed by atoms with E-state index in [1.807, 2.05) is 19.9 Å². The van der Waals surface area contributed by atoms with Gasteiger partial charge in [-0.1, -0.05) is 11.3 Å². The fraction of sp³-hybridized carbons (Fsp3) is 0.273. The number of hydrogen-bond donors (Lipinski definition) is 1. The van der Waals surface area contributed by atoms with Crippen molar-refractivity contribution in [1.82, 2.24) is 5.01 Å². The molecule has 0 bridgehead atoms. The van der Waals surface area contributed by atoms with Crippen molar-refractivity contribution >= 4 is 35.1 Å². The van der Waals surface area contributed by atoms with Crippen LogP contribution in [0.25, 0.3) is 0 Å². The highest BCUT2D eigenvalue weighted by molar-refractivity contribution is 6.25. The summed E-state index contributed by atoms with van der Waals surface area (Å²) in [5.74, 6) is -1.86. The lowest BCUT2D eigenvalue weighted by Gasteiger charge is -2.20. The summed E-state index contributed by atoms with van der Waals surface area (Å²) in [5, 5.41) is 11.7. The number of benzene rings is 2. The van der Waals surface area contributed by atoms with Crippen molar-refractivity contribution < 1.29 is 23.9 Å². The number of nitrogens with zero attached hydrogens (tertiary/aromatic N) is 4. The van der Waals surface area contributed by atoms with Crippen LogP contribution in [0.15, 0.2) is 52.8 Å². The van der Waals surface area contributed by atoms with E-state index in [2.05, 4.69) is 20.4 Å². The van der Waals surface area contributed by atoms with Gasteiger partial charge in [-0.15, -0.1) is 0 Å². The van der Waals surface area contributed by atoms with E-state index >= 15 is 0 Å². The number of carbonyl (C=O) groups is 4. The molecule has 2 atom stereocenters. The van der Waals surface area contributed by atoms with Gasteiger partial charge in [0.1, 0.15) is 6.54 Å². The number of ether oxygens (including phenoxy) is 1. The van der Waals surface area contributed by atoms with E-state index in [-0.39, 0.29) is 6.54 Å². The van der Waals surface area contributed by atoms with Crippen LogP contribution in [-0.2, 0) is 19.1 Å². The lowest BCUT2D eigenvalue weighted by atomic mass is 10.1. The topological polar surface area (TPSA) is 121 Å². The number of aryl methyl sites for hydroxylation is 2. The van der Waals surface area contributed by atoms with Gasteiger partial charge in [0, 0.05) is 5.69 Å². The van der Waals surface area contributed by atoms with E-state index in [1.165, 1.54) is 24.3 Å². The summed E-state index contributed by atoms with van der Waals surface area (Å²) in [5.41, 5.74) is 3.29. The third-order valence-corrected chi connectivity index (χ3v) is 5.50. The molecule has 10 heteroatoms. The summed E-state index contributed by atoms with van der Waals surface area (Å²) in [6.07, 6.45) is 0. The second-order valence-electron chi connectivity index (χ2n) is 7.59. The zero-order valence-electron chi connectivity index (χ0n) is 17.7. The number of nitrogens with one attached hydrogen (secondary N) is 1. The van der Waals surface area contributed by atoms with Gasteiger partial charge < -0.3 is 10.1 Å². The second-order valence-corrected chi connectivity index (χ2v) is 7.59. The van der Waals surface area contributed by atoms with Gasteiger partial charge in [0.2, 0.25) is 5.91 Å². The van der Waals surface area contributed by atoms with Crippen molar-refractivity contribution in [3.05, 3.63) is 59.2 Å². The zero-order chi connectivity index (χ0) is 23.0. The Balaban J connectivity index is 1.45. The summed E-state index contributed by atoms with van der Waals surface area (Å²) in [4.78, 5) is 51.0. The average Bonchev–Trinajstić information content (AvgIpc) is 3.29. The number of carbonyl (C=O) groups excluding carboxylic acids is 4. The van der Waals surface area contributed by atoms with Crippen molar-refractivity contribution in [2.45, 2.75) is 25.9 Å². The molecule has 2 aromatic carbocycles. The largest absolute Gasteiger partial charge is 0.465 e. The van der Waals surface area contributed by atoms with Crippen molar-refractivity contribution in [3.63, 3.8) is 0 Å². The number of rotatable bonds is 5. The van der Waals surface area contributed by atoms with E-state index < -0.39 is 35.8 Å². The first-order valence-corrected chi connectivity index (χ1v) is 9.91. The Morgan fingerprint density at radius 2 is 1.75 bits per heavy atom. The minimum Gasteiger partial charge on any atom is -0.465 e. The van der Waals surface area contributed by atoms with Crippen molar-refractivity contribution in [3.8, 4) is 0 Å². The first-order valence-electron chi connectivity index (χ1n) is 9.91. The molecule has 0 radical (unpaired) electrons. The molecule has 0 aliphatic carbocycles. The van der Waals surface area contributed by atoms with E-state index in [1.54, 1.807) is 24.3 Å². The summed E-state index contributed by atoms with van der Waals surface area (Å²) < 4.78 is 4.64. The second kappa shape index (κ2) is 8.22. The molecular weight excluding hydrogens is 414 g/mol. The molecule has 2 aliphatic rings. The Bertz CT molecular complexity index is 1140. The number of imide groups is 1. The van der Waals surface area contributed by atoms with Crippen molar-refractivity contribution in [2.75, 3.05) is 23.9 Å². The van der Waals surface area contributed by atoms with E-state index in [0.29, 0.717) is 16.9 Å². The normalized spacial score (nSPS) is 19.3. The fourth-order valence-electron chi connectivity index (χ4n) is 3.63. The number of fused-ring (bicyclic) bond motifs is 1. The number of amides is 3. The van der Waals surface area contributed by atoms with Gasteiger partial charge >= 0.3 is 5.97 Å². The van der Waals surface area contributed by atoms with Crippen LogP contribution in [0.1, 0.15) is 21.5 Å². The van der Waals surface area contributed by atoms with Crippen LogP contribution in [0.4, 0.5) is 11.4 Å². The Kier molecular flexibility index (Phi) is 5.43. The monoisotopic (exact) mass is 435 g/mol. The molecule has 0 saturated carbocycles. The molecule has 2 aromatic rings. The van der Waals surface area contributed by atoms with Gasteiger partial charge in [-0.2, -0.15) is 5.11 Å². The number of hydrogen-bond acceptors (Lipinski definition) is 8. The zero-order valence-corrected chi connectivity index (χ0v) is 17.7. The lowest BCUT2D eigenvalue weighted by Crippen LogP contribution is -2.43. The molecule has 1 saturated heterocycles. The molecule has 10 nitrogen and oxygen atoms in total. The van der Waals surface area contributed by atoms with Gasteiger partial charge in [0.25, 0.3) is 11.8 Å². The molecule has 2 aliphatic heterocycles. The number of anilines is 2. The Morgan fingerprint density at radius 3 is 2.41 bits per heavy atom. The number of esters is 1. The SMILES string of the molecule is COC(=O)c1ccc(NC(=O)CN2N=N[C@@H]3C(=O)N(c4ccc(C)c(C)c4)C(=O)[C@@H]32)cc1. The van der Waals surface area contributed by atoms with Crippen LogP contribution in [0.3, 0.4) is 0 Å². The Morgan fingerprint density at radius 1 is 1.03 bits per heavy atom. The molecule has 164 valence electrons. The summed E-state index contributed by atoms with van der Waals surface area (Å²) in [6.45, 7) is 3.58. The van der Waals surface area contributed by atoms with Gasteiger partial charge in [0.15, 0.2) is 12.1 Å². The predicted molar refractivity (Wildman–Crippen MR) is 114 cm³/mol. The van der Waals surface area contributed by atoms with Crippen LogP contribution in [0.5, 0.6) is 0 Å².